The monoisotopic (exact) mass is 291 g/mol. The molecular weight excluding hydrogens is 274 g/mol. The third-order valence-corrected chi connectivity index (χ3v) is 3.41. The smallest absolute Gasteiger partial charge is 0.371 e. The van der Waals surface area contributed by atoms with Gasteiger partial charge in [-0.05, 0) is 24.3 Å². The summed E-state index contributed by atoms with van der Waals surface area (Å²) in [5.74, 6) is -0.441. The highest BCUT2D eigenvalue weighted by molar-refractivity contribution is 5.91. The summed E-state index contributed by atoms with van der Waals surface area (Å²) in [6, 6.07) is 6.77. The van der Waals surface area contributed by atoms with E-state index in [0.29, 0.717) is 17.9 Å². The number of carboxylic acids is 1. The van der Waals surface area contributed by atoms with E-state index >= 15 is 0 Å². The number of hydrogen-bond acceptors (Lipinski definition) is 5. The number of hydrogen-bond donors (Lipinski definition) is 2. The van der Waals surface area contributed by atoms with Crippen LogP contribution < -0.4 is 10.1 Å². The van der Waals surface area contributed by atoms with Crippen molar-refractivity contribution in [3.63, 3.8) is 0 Å². The summed E-state index contributed by atoms with van der Waals surface area (Å²) in [4.78, 5) is 10.9. The molecule has 1 aliphatic heterocycles. The summed E-state index contributed by atoms with van der Waals surface area (Å²) in [7, 11) is 0. The lowest BCUT2D eigenvalue weighted by atomic mass is 10.2. The number of carboxylic acid groups (broad SMARTS) is 1. The second kappa shape index (κ2) is 6.15. The Kier molecular flexibility index (Phi) is 4.08. The van der Waals surface area contributed by atoms with Gasteiger partial charge in [0.2, 0.25) is 5.76 Å². The average molecular weight is 291 g/mol. The van der Waals surface area contributed by atoms with E-state index in [1.807, 2.05) is 0 Å². The van der Waals surface area contributed by atoms with Crippen molar-refractivity contribution in [3.8, 4) is 5.75 Å². The van der Waals surface area contributed by atoms with Gasteiger partial charge in [0.1, 0.15) is 11.3 Å². The van der Waals surface area contributed by atoms with Gasteiger partial charge in [-0.1, -0.05) is 0 Å². The van der Waals surface area contributed by atoms with Crippen LogP contribution >= 0.6 is 0 Å². The van der Waals surface area contributed by atoms with Crippen LogP contribution in [0.25, 0.3) is 11.0 Å². The van der Waals surface area contributed by atoms with Crippen molar-refractivity contribution in [2.24, 2.45) is 0 Å². The second-order valence-corrected chi connectivity index (χ2v) is 4.95. The summed E-state index contributed by atoms with van der Waals surface area (Å²) in [6.45, 7) is 3.05. The molecule has 3 rings (SSSR count). The highest BCUT2D eigenvalue weighted by Crippen LogP contribution is 2.24. The summed E-state index contributed by atoms with van der Waals surface area (Å²) in [5.41, 5.74) is 0.541. The minimum absolute atomic E-state index is 0.0659. The van der Waals surface area contributed by atoms with Crippen LogP contribution in [0.4, 0.5) is 0 Å². The number of nitrogens with one attached hydrogen (secondary N) is 1. The molecule has 0 spiro atoms. The second-order valence-electron chi connectivity index (χ2n) is 4.95. The van der Waals surface area contributed by atoms with Crippen LogP contribution in [0.3, 0.4) is 0 Å². The zero-order chi connectivity index (χ0) is 14.7. The van der Waals surface area contributed by atoms with Crippen LogP contribution in [0.2, 0.25) is 0 Å². The maximum Gasteiger partial charge on any atom is 0.371 e. The van der Waals surface area contributed by atoms with Crippen molar-refractivity contribution in [1.82, 2.24) is 5.32 Å². The normalized spacial score (nSPS) is 18.8. The van der Waals surface area contributed by atoms with E-state index in [1.165, 1.54) is 6.07 Å². The number of fused-ring (bicyclic) bond motifs is 1. The molecule has 21 heavy (non-hydrogen) atoms. The van der Waals surface area contributed by atoms with Gasteiger partial charge in [-0.15, -0.1) is 0 Å². The SMILES string of the molecule is O=C(O)c1cc2cc(OCCC3CNCCO3)ccc2o1. The molecule has 6 nitrogen and oxygen atoms in total. The maximum atomic E-state index is 10.9. The standard InChI is InChI=1S/C15H17NO5/c17-15(18)14-8-10-7-11(1-2-13(10)21-14)19-5-3-12-9-16-4-6-20-12/h1-2,7-8,12,16H,3-6,9H2,(H,17,18). The average Bonchev–Trinajstić information content (AvgIpc) is 2.92. The largest absolute Gasteiger partial charge is 0.493 e. The quantitative estimate of drug-likeness (QED) is 0.875. The molecule has 6 heteroatoms. The Morgan fingerprint density at radius 3 is 3.10 bits per heavy atom. The lowest BCUT2D eigenvalue weighted by Crippen LogP contribution is -2.39. The topological polar surface area (TPSA) is 80.9 Å². The van der Waals surface area contributed by atoms with Crippen molar-refractivity contribution < 1.29 is 23.8 Å². The molecule has 2 aromatic rings. The number of morpholine rings is 1. The first-order chi connectivity index (χ1) is 10.2. The Morgan fingerprint density at radius 1 is 1.43 bits per heavy atom. The van der Waals surface area contributed by atoms with Gasteiger partial charge in [-0.2, -0.15) is 0 Å². The Balaban J connectivity index is 1.60. The molecule has 0 saturated carbocycles. The zero-order valence-corrected chi connectivity index (χ0v) is 11.5. The number of ether oxygens (including phenoxy) is 2. The number of aromatic carboxylic acids is 1. The van der Waals surface area contributed by atoms with Crippen LogP contribution in [-0.4, -0.2) is 43.5 Å². The molecule has 112 valence electrons. The van der Waals surface area contributed by atoms with Crippen molar-refractivity contribution in [3.05, 3.63) is 30.0 Å². The molecule has 0 aliphatic carbocycles. The van der Waals surface area contributed by atoms with Gasteiger partial charge in [0.05, 0.1) is 19.3 Å². The van der Waals surface area contributed by atoms with Crippen molar-refractivity contribution in [2.75, 3.05) is 26.3 Å². The lowest BCUT2D eigenvalue weighted by Gasteiger charge is -2.23. The van der Waals surface area contributed by atoms with E-state index in [9.17, 15) is 4.79 Å². The molecule has 1 saturated heterocycles. The van der Waals surface area contributed by atoms with E-state index < -0.39 is 5.97 Å². The van der Waals surface area contributed by atoms with Crippen LogP contribution in [0.1, 0.15) is 17.0 Å². The maximum absolute atomic E-state index is 10.9. The number of furan rings is 1. The molecular formula is C15H17NO5. The van der Waals surface area contributed by atoms with E-state index in [2.05, 4.69) is 5.32 Å². The number of rotatable bonds is 5. The fraction of sp³-hybridized carbons (Fsp3) is 0.400. The van der Waals surface area contributed by atoms with Crippen LogP contribution in [0.5, 0.6) is 5.75 Å². The van der Waals surface area contributed by atoms with Crippen molar-refractivity contribution in [1.29, 1.82) is 0 Å². The van der Waals surface area contributed by atoms with E-state index in [0.717, 1.165) is 31.5 Å². The molecule has 0 radical (unpaired) electrons. The van der Waals surface area contributed by atoms with E-state index in [1.54, 1.807) is 18.2 Å². The summed E-state index contributed by atoms with van der Waals surface area (Å²) >= 11 is 0. The van der Waals surface area contributed by atoms with Gasteiger partial charge < -0.3 is 24.3 Å². The summed E-state index contributed by atoms with van der Waals surface area (Å²) in [6.07, 6.45) is 1.01. The first-order valence-electron chi connectivity index (χ1n) is 6.94. The van der Waals surface area contributed by atoms with Crippen LogP contribution in [-0.2, 0) is 4.74 Å². The Morgan fingerprint density at radius 2 is 2.33 bits per heavy atom. The molecule has 1 fully saturated rings. The highest BCUT2D eigenvalue weighted by Gasteiger charge is 2.14. The molecule has 1 aliphatic rings. The van der Waals surface area contributed by atoms with E-state index in [4.69, 9.17) is 19.0 Å². The van der Waals surface area contributed by atoms with Gasteiger partial charge in [0.25, 0.3) is 0 Å². The Bertz CT molecular complexity index is 630. The molecule has 2 N–H and O–H groups in total. The fourth-order valence-electron chi connectivity index (χ4n) is 2.33. The van der Waals surface area contributed by atoms with E-state index in [-0.39, 0.29) is 11.9 Å². The number of benzene rings is 1. The van der Waals surface area contributed by atoms with Crippen LogP contribution in [0, 0.1) is 0 Å². The van der Waals surface area contributed by atoms with Gasteiger partial charge >= 0.3 is 5.97 Å². The minimum Gasteiger partial charge on any atom is -0.493 e. The lowest BCUT2D eigenvalue weighted by molar-refractivity contribution is 0.0159. The first kappa shape index (κ1) is 13.9. The van der Waals surface area contributed by atoms with Gasteiger partial charge in [-0.3, -0.25) is 0 Å². The third-order valence-electron chi connectivity index (χ3n) is 3.41. The van der Waals surface area contributed by atoms with Crippen molar-refractivity contribution in [2.45, 2.75) is 12.5 Å². The minimum atomic E-state index is -1.07. The van der Waals surface area contributed by atoms with Crippen molar-refractivity contribution >= 4 is 16.9 Å². The first-order valence-corrected chi connectivity index (χ1v) is 6.94. The molecule has 0 amide bonds. The third kappa shape index (κ3) is 3.34. The van der Waals surface area contributed by atoms with Gasteiger partial charge in [-0.25, -0.2) is 4.79 Å². The Labute approximate surface area is 121 Å². The fourth-order valence-corrected chi connectivity index (χ4v) is 2.33. The van der Waals surface area contributed by atoms with Gasteiger partial charge in [0.15, 0.2) is 0 Å². The summed E-state index contributed by atoms with van der Waals surface area (Å²) in [5, 5.41) is 12.9. The molecule has 1 unspecified atom stereocenters. The molecule has 0 bridgehead atoms. The summed E-state index contributed by atoms with van der Waals surface area (Å²) < 4.78 is 16.5. The van der Waals surface area contributed by atoms with Gasteiger partial charge in [0, 0.05) is 24.9 Å². The highest BCUT2D eigenvalue weighted by atomic mass is 16.5. The predicted molar refractivity (Wildman–Crippen MR) is 75.9 cm³/mol. The zero-order valence-electron chi connectivity index (χ0n) is 11.5. The molecule has 2 heterocycles. The van der Waals surface area contributed by atoms with Crippen LogP contribution in [0.15, 0.2) is 28.7 Å². The molecule has 1 atom stereocenters. The molecule has 1 aromatic heterocycles. The Hall–Kier alpha value is -2.05. The molecule has 1 aromatic carbocycles. The predicted octanol–water partition coefficient (Wildman–Crippen LogP) is 1.89. The number of carbonyl (C=O) groups is 1.